The number of hydrogen-bond donors (Lipinski definition) is 1. The minimum Gasteiger partial charge on any atom is -0.379 e. The number of nitrogens with one attached hydrogen (secondary N) is 1. The van der Waals surface area contributed by atoms with Crippen molar-refractivity contribution in [3.8, 4) is 0 Å². The summed E-state index contributed by atoms with van der Waals surface area (Å²) in [5, 5.41) is 5.18. The zero-order chi connectivity index (χ0) is 22.7. The van der Waals surface area contributed by atoms with E-state index >= 15 is 0 Å². The first kappa shape index (κ1) is 22.7. The molecule has 1 fully saturated rings. The third-order valence-corrected chi connectivity index (χ3v) is 6.80. The van der Waals surface area contributed by atoms with E-state index in [0.29, 0.717) is 17.8 Å². The van der Waals surface area contributed by atoms with Gasteiger partial charge in [-0.25, -0.2) is 0 Å². The van der Waals surface area contributed by atoms with Crippen molar-refractivity contribution in [2.24, 2.45) is 0 Å². The largest absolute Gasteiger partial charge is 0.379 e. The Kier molecular flexibility index (Phi) is 6.79. The monoisotopic (exact) mass is 453 g/mol. The van der Waals surface area contributed by atoms with Gasteiger partial charge in [-0.05, 0) is 41.0 Å². The Morgan fingerprint density at radius 2 is 1.72 bits per heavy atom. The molecule has 0 saturated carbocycles. The molecule has 4 rings (SSSR count). The summed E-state index contributed by atoms with van der Waals surface area (Å²) in [6.45, 7) is 11.1. The summed E-state index contributed by atoms with van der Waals surface area (Å²) in [5.41, 5.74) is 2.91. The van der Waals surface area contributed by atoms with Gasteiger partial charge in [0.25, 0.3) is 11.8 Å². The Bertz CT molecular complexity index is 984. The van der Waals surface area contributed by atoms with E-state index < -0.39 is 0 Å². The number of nitrogens with zero attached hydrogens (tertiary/aromatic N) is 2. The van der Waals surface area contributed by atoms with E-state index in [1.54, 1.807) is 0 Å². The number of anilines is 1. The fourth-order valence-electron chi connectivity index (χ4n) is 4.02. The second kappa shape index (κ2) is 9.57. The predicted molar refractivity (Wildman–Crippen MR) is 129 cm³/mol. The first-order chi connectivity index (χ1) is 15.3. The molecule has 2 aliphatic rings. The number of imide groups is 1. The van der Waals surface area contributed by atoms with Gasteiger partial charge < -0.3 is 10.1 Å². The maximum atomic E-state index is 13.3. The van der Waals surface area contributed by atoms with Crippen molar-refractivity contribution in [1.29, 1.82) is 0 Å². The van der Waals surface area contributed by atoms with E-state index in [9.17, 15) is 9.59 Å². The zero-order valence-electron chi connectivity index (χ0n) is 19.0. The van der Waals surface area contributed by atoms with Crippen LogP contribution in [-0.4, -0.2) is 61.0 Å². The van der Waals surface area contributed by atoms with Crippen molar-refractivity contribution >= 4 is 34.4 Å². The van der Waals surface area contributed by atoms with Crippen molar-refractivity contribution in [2.75, 3.05) is 44.7 Å². The summed E-state index contributed by atoms with van der Waals surface area (Å²) in [6.07, 6.45) is 0.753. The summed E-state index contributed by atoms with van der Waals surface area (Å²) in [6, 6.07) is 11.9. The average Bonchev–Trinajstić information content (AvgIpc) is 3.37. The lowest BCUT2D eigenvalue weighted by molar-refractivity contribution is -0.136. The molecule has 0 bridgehead atoms. The molecule has 0 atom stereocenters. The second-order valence-corrected chi connectivity index (χ2v) is 10.2. The lowest BCUT2D eigenvalue weighted by Gasteiger charge is -2.27. The number of amides is 2. The number of rotatable bonds is 7. The standard InChI is InChI=1S/C25H31N3O3S/c1-25(2,3)18-7-9-19(10-8-18)26-22-21(20-6-4-17-32-20)23(29)28(24(22)30)12-5-11-27-13-15-31-16-14-27/h4,6-10,17,26H,5,11-16H2,1-3H3. The van der Waals surface area contributed by atoms with Crippen LogP contribution < -0.4 is 5.32 Å². The van der Waals surface area contributed by atoms with Gasteiger partial charge in [0.05, 0.1) is 18.8 Å². The SMILES string of the molecule is CC(C)(C)c1ccc(NC2=C(c3cccs3)C(=O)N(CCCN3CCOCC3)C2=O)cc1. The predicted octanol–water partition coefficient (Wildman–Crippen LogP) is 3.96. The quantitative estimate of drug-likeness (QED) is 0.643. The average molecular weight is 454 g/mol. The van der Waals surface area contributed by atoms with Crippen LogP contribution in [0.1, 0.15) is 37.6 Å². The molecular formula is C25H31N3O3S. The van der Waals surface area contributed by atoms with Gasteiger partial charge in [-0.1, -0.05) is 39.0 Å². The molecule has 2 aromatic rings. The van der Waals surface area contributed by atoms with Crippen molar-refractivity contribution in [2.45, 2.75) is 32.6 Å². The Balaban J connectivity index is 1.51. The molecule has 2 amide bonds. The molecular weight excluding hydrogens is 422 g/mol. The summed E-state index contributed by atoms with van der Waals surface area (Å²) in [5.74, 6) is -0.464. The van der Waals surface area contributed by atoms with Crippen LogP contribution in [0.15, 0.2) is 47.5 Å². The lowest BCUT2D eigenvalue weighted by atomic mass is 9.87. The maximum Gasteiger partial charge on any atom is 0.278 e. The number of benzene rings is 1. The van der Waals surface area contributed by atoms with Crippen LogP contribution in [0.5, 0.6) is 0 Å². The summed E-state index contributed by atoms with van der Waals surface area (Å²) < 4.78 is 5.39. The first-order valence-corrected chi connectivity index (χ1v) is 12.0. The second-order valence-electron chi connectivity index (χ2n) is 9.25. The van der Waals surface area contributed by atoms with Crippen LogP contribution in [-0.2, 0) is 19.7 Å². The minimum atomic E-state index is -0.250. The molecule has 1 aromatic carbocycles. The van der Waals surface area contributed by atoms with E-state index in [1.807, 2.05) is 29.6 Å². The van der Waals surface area contributed by atoms with Gasteiger partial charge in [0.15, 0.2) is 0 Å². The molecule has 170 valence electrons. The molecule has 1 aromatic heterocycles. The van der Waals surface area contributed by atoms with E-state index in [0.717, 1.165) is 49.8 Å². The van der Waals surface area contributed by atoms with Gasteiger partial charge in [-0.2, -0.15) is 0 Å². The van der Waals surface area contributed by atoms with E-state index in [-0.39, 0.29) is 17.2 Å². The molecule has 3 heterocycles. The number of thiophene rings is 1. The fourth-order valence-corrected chi connectivity index (χ4v) is 4.79. The molecule has 1 N–H and O–H groups in total. The van der Waals surface area contributed by atoms with Crippen LogP contribution >= 0.6 is 11.3 Å². The van der Waals surface area contributed by atoms with Gasteiger partial charge in [0.2, 0.25) is 0 Å². The normalized spacial score (nSPS) is 18.0. The molecule has 7 heteroatoms. The molecule has 2 aliphatic heterocycles. The van der Waals surface area contributed by atoms with Gasteiger partial charge in [0.1, 0.15) is 5.70 Å². The van der Waals surface area contributed by atoms with Gasteiger partial charge in [0, 0.05) is 36.7 Å². The maximum absolute atomic E-state index is 13.3. The third-order valence-electron chi connectivity index (χ3n) is 5.92. The minimum absolute atomic E-state index is 0.0519. The van der Waals surface area contributed by atoms with E-state index in [4.69, 9.17) is 4.74 Å². The third kappa shape index (κ3) is 4.95. The van der Waals surface area contributed by atoms with Crippen molar-refractivity contribution in [3.05, 3.63) is 57.9 Å². The summed E-state index contributed by atoms with van der Waals surface area (Å²) in [7, 11) is 0. The number of ether oxygens (including phenoxy) is 1. The molecule has 1 saturated heterocycles. The molecule has 0 spiro atoms. The van der Waals surface area contributed by atoms with Crippen LogP contribution in [0.4, 0.5) is 5.69 Å². The highest BCUT2D eigenvalue weighted by Gasteiger charge is 2.39. The Hall–Kier alpha value is -2.48. The van der Waals surface area contributed by atoms with Gasteiger partial charge in [-0.3, -0.25) is 19.4 Å². The molecule has 0 aliphatic carbocycles. The lowest BCUT2D eigenvalue weighted by Crippen LogP contribution is -2.39. The van der Waals surface area contributed by atoms with Crippen LogP contribution in [0.3, 0.4) is 0 Å². The van der Waals surface area contributed by atoms with Gasteiger partial charge in [-0.15, -0.1) is 11.3 Å². The number of hydrogen-bond acceptors (Lipinski definition) is 6. The topological polar surface area (TPSA) is 61.9 Å². The fraction of sp³-hybridized carbons (Fsp3) is 0.440. The molecule has 0 unspecified atom stereocenters. The summed E-state index contributed by atoms with van der Waals surface area (Å²) >= 11 is 1.47. The van der Waals surface area contributed by atoms with Crippen molar-refractivity contribution < 1.29 is 14.3 Å². The Labute approximate surface area is 193 Å². The Morgan fingerprint density at radius 1 is 1.00 bits per heavy atom. The molecule has 0 radical (unpaired) electrons. The summed E-state index contributed by atoms with van der Waals surface area (Å²) in [4.78, 5) is 31.1. The smallest absolute Gasteiger partial charge is 0.278 e. The molecule has 6 nitrogen and oxygen atoms in total. The van der Waals surface area contributed by atoms with E-state index in [1.165, 1.54) is 21.8 Å². The van der Waals surface area contributed by atoms with Crippen LogP contribution in [0.2, 0.25) is 0 Å². The van der Waals surface area contributed by atoms with Gasteiger partial charge >= 0.3 is 0 Å². The number of carbonyl (C=O) groups is 2. The van der Waals surface area contributed by atoms with Crippen LogP contribution in [0.25, 0.3) is 5.57 Å². The van der Waals surface area contributed by atoms with Crippen molar-refractivity contribution in [3.63, 3.8) is 0 Å². The Morgan fingerprint density at radius 3 is 2.34 bits per heavy atom. The highest BCUT2D eigenvalue weighted by Crippen LogP contribution is 2.33. The highest BCUT2D eigenvalue weighted by molar-refractivity contribution is 7.11. The van der Waals surface area contributed by atoms with Crippen LogP contribution in [0, 0.1) is 0 Å². The zero-order valence-corrected chi connectivity index (χ0v) is 19.8. The highest BCUT2D eigenvalue weighted by atomic mass is 32.1. The first-order valence-electron chi connectivity index (χ1n) is 11.2. The van der Waals surface area contributed by atoms with Crippen molar-refractivity contribution in [1.82, 2.24) is 9.80 Å². The molecule has 32 heavy (non-hydrogen) atoms. The number of carbonyl (C=O) groups excluding carboxylic acids is 2. The number of morpholine rings is 1. The van der Waals surface area contributed by atoms with E-state index in [2.05, 4.69) is 43.1 Å².